The number of halogens is 1. The Morgan fingerprint density at radius 3 is 2.71 bits per heavy atom. The number of hydrogen-bond acceptors (Lipinski definition) is 4. The van der Waals surface area contributed by atoms with Gasteiger partial charge in [-0.1, -0.05) is 15.9 Å². The minimum Gasteiger partial charge on any atom is -0.397 e. The summed E-state index contributed by atoms with van der Waals surface area (Å²) in [7, 11) is 0. The van der Waals surface area contributed by atoms with E-state index in [1.54, 1.807) is 12.3 Å². The summed E-state index contributed by atoms with van der Waals surface area (Å²) in [6.45, 7) is 1.86. The molecule has 0 bridgehead atoms. The number of anilines is 1. The molecule has 0 aromatic carbocycles. The second-order valence-corrected chi connectivity index (χ2v) is 3.80. The van der Waals surface area contributed by atoms with Gasteiger partial charge in [-0.15, -0.1) is 0 Å². The van der Waals surface area contributed by atoms with Crippen LogP contribution in [-0.4, -0.2) is 26.6 Å². The van der Waals surface area contributed by atoms with E-state index in [4.69, 9.17) is 5.73 Å². The Labute approximate surface area is 90.9 Å². The molecule has 1 aromatic heterocycles. The molecule has 0 spiro atoms. The molecule has 1 aromatic rings. The number of rotatable bonds is 3. The van der Waals surface area contributed by atoms with Crippen LogP contribution in [0.2, 0.25) is 0 Å². The van der Waals surface area contributed by atoms with Crippen molar-refractivity contribution in [2.45, 2.75) is 19.1 Å². The zero-order valence-electron chi connectivity index (χ0n) is 7.81. The number of aliphatic hydroxyl groups excluding tert-OH is 2. The number of hydrogen-bond donors (Lipinski definition) is 3. The Bertz CT molecular complexity index is 320. The van der Waals surface area contributed by atoms with Crippen LogP contribution in [0, 0.1) is 6.92 Å². The number of pyridine rings is 1. The van der Waals surface area contributed by atoms with E-state index < -0.39 is 12.2 Å². The standard InChI is InChI=1S/C9H13BrN2O2/c1-5-2-6(11)8(12-4-5)9(14)7(13)3-10/h2,4,7,9,13-14H,3,11H2,1H3. The molecule has 0 aliphatic carbocycles. The van der Waals surface area contributed by atoms with Gasteiger partial charge < -0.3 is 15.9 Å². The van der Waals surface area contributed by atoms with Gasteiger partial charge in [-0.05, 0) is 18.6 Å². The van der Waals surface area contributed by atoms with Gasteiger partial charge >= 0.3 is 0 Å². The first-order valence-electron chi connectivity index (χ1n) is 4.20. The molecular formula is C9H13BrN2O2. The van der Waals surface area contributed by atoms with Gasteiger partial charge in [0.1, 0.15) is 6.10 Å². The molecule has 0 fully saturated rings. The predicted octanol–water partition coefficient (Wildman–Crippen LogP) is 0.761. The molecule has 2 atom stereocenters. The predicted molar refractivity (Wildman–Crippen MR) is 58.1 cm³/mol. The van der Waals surface area contributed by atoms with Crippen LogP contribution in [0.25, 0.3) is 0 Å². The summed E-state index contributed by atoms with van der Waals surface area (Å²) < 4.78 is 0. The normalized spacial score (nSPS) is 15.1. The van der Waals surface area contributed by atoms with Crippen molar-refractivity contribution in [1.82, 2.24) is 4.98 Å². The van der Waals surface area contributed by atoms with Crippen molar-refractivity contribution in [2.75, 3.05) is 11.1 Å². The van der Waals surface area contributed by atoms with E-state index in [0.29, 0.717) is 11.4 Å². The van der Waals surface area contributed by atoms with Crippen LogP contribution in [0.15, 0.2) is 12.3 Å². The zero-order valence-corrected chi connectivity index (χ0v) is 9.40. The highest BCUT2D eigenvalue weighted by atomic mass is 79.9. The molecule has 0 aliphatic rings. The maximum absolute atomic E-state index is 9.64. The summed E-state index contributed by atoms with van der Waals surface area (Å²) >= 11 is 3.07. The lowest BCUT2D eigenvalue weighted by molar-refractivity contribution is 0.0320. The quantitative estimate of drug-likeness (QED) is 0.702. The van der Waals surface area contributed by atoms with E-state index in [9.17, 15) is 10.2 Å². The number of alkyl halides is 1. The summed E-state index contributed by atoms with van der Waals surface area (Å²) in [4.78, 5) is 3.99. The molecule has 4 N–H and O–H groups in total. The van der Waals surface area contributed by atoms with Crippen LogP contribution in [-0.2, 0) is 0 Å². The van der Waals surface area contributed by atoms with Crippen LogP contribution in [0.5, 0.6) is 0 Å². The van der Waals surface area contributed by atoms with Crippen molar-refractivity contribution < 1.29 is 10.2 Å². The lowest BCUT2D eigenvalue weighted by Gasteiger charge is -2.16. The Balaban J connectivity index is 2.95. The summed E-state index contributed by atoms with van der Waals surface area (Å²) in [6.07, 6.45) is -0.335. The first kappa shape index (κ1) is 11.4. The Hall–Kier alpha value is -0.650. The van der Waals surface area contributed by atoms with Gasteiger partial charge in [-0.25, -0.2) is 0 Å². The van der Waals surface area contributed by atoms with E-state index in [2.05, 4.69) is 20.9 Å². The maximum atomic E-state index is 9.64. The van der Waals surface area contributed by atoms with E-state index in [1.165, 1.54) is 0 Å². The zero-order chi connectivity index (χ0) is 10.7. The van der Waals surface area contributed by atoms with Crippen LogP contribution in [0.3, 0.4) is 0 Å². The number of nitrogens with zero attached hydrogens (tertiary/aromatic N) is 1. The average Bonchev–Trinajstić information content (AvgIpc) is 2.15. The van der Waals surface area contributed by atoms with Crippen molar-refractivity contribution in [1.29, 1.82) is 0 Å². The van der Waals surface area contributed by atoms with Crippen LogP contribution >= 0.6 is 15.9 Å². The third-order valence-electron chi connectivity index (χ3n) is 1.89. The minimum absolute atomic E-state index is 0.281. The molecular weight excluding hydrogens is 248 g/mol. The van der Waals surface area contributed by atoms with Crippen molar-refractivity contribution in [3.05, 3.63) is 23.5 Å². The Morgan fingerprint density at radius 1 is 1.57 bits per heavy atom. The van der Waals surface area contributed by atoms with E-state index in [-0.39, 0.29) is 5.33 Å². The third kappa shape index (κ3) is 2.43. The smallest absolute Gasteiger partial charge is 0.125 e. The fourth-order valence-corrected chi connectivity index (χ4v) is 1.47. The van der Waals surface area contributed by atoms with Gasteiger partial charge in [0.15, 0.2) is 0 Å². The SMILES string of the molecule is Cc1cnc(C(O)C(O)CBr)c(N)c1. The van der Waals surface area contributed by atoms with Gasteiger partial charge in [0, 0.05) is 11.5 Å². The van der Waals surface area contributed by atoms with Crippen LogP contribution in [0.1, 0.15) is 17.4 Å². The molecule has 14 heavy (non-hydrogen) atoms. The average molecular weight is 261 g/mol. The second-order valence-electron chi connectivity index (χ2n) is 3.15. The number of aryl methyl sites for hydroxylation is 1. The van der Waals surface area contributed by atoms with Crippen molar-refractivity contribution in [3.63, 3.8) is 0 Å². The molecule has 0 aliphatic heterocycles. The number of aromatic nitrogens is 1. The number of nitrogen functional groups attached to an aromatic ring is 1. The fraction of sp³-hybridized carbons (Fsp3) is 0.444. The summed E-state index contributed by atoms with van der Waals surface area (Å²) in [5.74, 6) is 0. The largest absolute Gasteiger partial charge is 0.397 e. The highest BCUT2D eigenvalue weighted by molar-refractivity contribution is 9.09. The van der Waals surface area contributed by atoms with Crippen molar-refractivity contribution in [3.8, 4) is 0 Å². The molecule has 2 unspecified atom stereocenters. The number of nitrogens with two attached hydrogens (primary N) is 1. The highest BCUT2D eigenvalue weighted by Crippen LogP contribution is 2.22. The lowest BCUT2D eigenvalue weighted by Crippen LogP contribution is -2.21. The highest BCUT2D eigenvalue weighted by Gasteiger charge is 2.20. The molecule has 5 heteroatoms. The molecule has 0 saturated heterocycles. The topological polar surface area (TPSA) is 79.4 Å². The molecule has 0 saturated carbocycles. The van der Waals surface area contributed by atoms with Crippen LogP contribution < -0.4 is 5.73 Å². The first-order chi connectivity index (χ1) is 6.56. The van der Waals surface area contributed by atoms with Gasteiger partial charge in [0.2, 0.25) is 0 Å². The molecule has 0 amide bonds. The van der Waals surface area contributed by atoms with Gasteiger partial charge in [-0.3, -0.25) is 4.98 Å². The van der Waals surface area contributed by atoms with Gasteiger partial charge in [0.25, 0.3) is 0 Å². The minimum atomic E-state index is -1.05. The van der Waals surface area contributed by atoms with E-state index in [1.807, 2.05) is 6.92 Å². The summed E-state index contributed by atoms with van der Waals surface area (Å²) in [6, 6.07) is 1.71. The summed E-state index contributed by atoms with van der Waals surface area (Å²) in [5, 5.41) is 19.3. The van der Waals surface area contributed by atoms with Gasteiger partial charge in [0.05, 0.1) is 17.5 Å². The third-order valence-corrected chi connectivity index (χ3v) is 2.55. The van der Waals surface area contributed by atoms with Crippen molar-refractivity contribution >= 4 is 21.6 Å². The second kappa shape index (κ2) is 4.72. The Kier molecular flexibility index (Phi) is 3.86. The molecule has 1 rings (SSSR count). The maximum Gasteiger partial charge on any atom is 0.125 e. The molecule has 1 heterocycles. The van der Waals surface area contributed by atoms with E-state index >= 15 is 0 Å². The molecule has 4 nitrogen and oxygen atoms in total. The molecule has 78 valence electrons. The van der Waals surface area contributed by atoms with Gasteiger partial charge in [-0.2, -0.15) is 0 Å². The first-order valence-corrected chi connectivity index (χ1v) is 5.32. The summed E-state index contributed by atoms with van der Waals surface area (Å²) in [5.41, 5.74) is 7.31. The monoisotopic (exact) mass is 260 g/mol. The molecule has 0 radical (unpaired) electrons. The lowest BCUT2D eigenvalue weighted by atomic mass is 10.1. The van der Waals surface area contributed by atoms with E-state index in [0.717, 1.165) is 5.56 Å². The van der Waals surface area contributed by atoms with Crippen molar-refractivity contribution in [2.24, 2.45) is 0 Å². The fourth-order valence-electron chi connectivity index (χ4n) is 1.12. The van der Waals surface area contributed by atoms with Crippen LogP contribution in [0.4, 0.5) is 5.69 Å². The number of aliphatic hydroxyl groups is 2. The Morgan fingerprint density at radius 2 is 2.21 bits per heavy atom.